The van der Waals surface area contributed by atoms with E-state index in [0.29, 0.717) is 24.4 Å². The Bertz CT molecular complexity index is 968. The monoisotopic (exact) mass is 413 g/mol. The summed E-state index contributed by atoms with van der Waals surface area (Å²) in [5, 5.41) is 16.2. The van der Waals surface area contributed by atoms with Gasteiger partial charge < -0.3 is 25.4 Å². The van der Waals surface area contributed by atoms with Crippen molar-refractivity contribution in [3.05, 3.63) is 41.1 Å². The number of aromatic amines is 1. The Hall–Kier alpha value is -3.07. The summed E-state index contributed by atoms with van der Waals surface area (Å²) in [6.07, 6.45) is -0.379. The van der Waals surface area contributed by atoms with E-state index in [1.165, 1.54) is 0 Å². The number of fused-ring (bicyclic) bond motifs is 1. The number of H-pyrrole nitrogens is 1. The zero-order chi connectivity index (χ0) is 21.5. The molecule has 0 saturated carbocycles. The van der Waals surface area contributed by atoms with E-state index in [1.54, 1.807) is 0 Å². The van der Waals surface area contributed by atoms with Gasteiger partial charge >= 0.3 is 6.09 Å². The van der Waals surface area contributed by atoms with E-state index in [0.717, 1.165) is 16.9 Å². The molecule has 2 aliphatic heterocycles. The van der Waals surface area contributed by atoms with Crippen molar-refractivity contribution in [3.8, 4) is 0 Å². The van der Waals surface area contributed by atoms with Gasteiger partial charge in [0.05, 0.1) is 17.8 Å². The maximum Gasteiger partial charge on any atom is 0.407 e. The number of nitrogens with zero attached hydrogens (tertiary/aromatic N) is 1. The average molecular weight is 413 g/mol. The highest BCUT2D eigenvalue weighted by Gasteiger charge is 2.35. The van der Waals surface area contributed by atoms with Gasteiger partial charge in [0, 0.05) is 29.8 Å². The highest BCUT2D eigenvalue weighted by Crippen LogP contribution is 2.34. The number of anilines is 2. The molecular formula is C21H27N5O4. The number of alkyl carbamates (subject to hydrolysis) is 1. The molecule has 2 atom stereocenters. The summed E-state index contributed by atoms with van der Waals surface area (Å²) >= 11 is 0. The van der Waals surface area contributed by atoms with E-state index in [2.05, 4.69) is 26.1 Å². The Kier molecular flexibility index (Phi) is 5.15. The van der Waals surface area contributed by atoms with Gasteiger partial charge in [-0.1, -0.05) is 0 Å². The third kappa shape index (κ3) is 4.11. The lowest BCUT2D eigenvalue weighted by Crippen LogP contribution is -2.33. The van der Waals surface area contributed by atoms with Crippen LogP contribution in [-0.4, -0.2) is 41.0 Å². The number of nitrogens with one attached hydrogen (secondary N) is 4. The van der Waals surface area contributed by atoms with E-state index in [9.17, 15) is 9.59 Å². The fourth-order valence-corrected chi connectivity index (χ4v) is 3.79. The average Bonchev–Trinajstić information content (AvgIpc) is 3.34. The smallest absolute Gasteiger partial charge is 0.407 e. The summed E-state index contributed by atoms with van der Waals surface area (Å²) in [7, 11) is 0. The molecule has 4 N–H and O–H groups in total. The number of amides is 2. The van der Waals surface area contributed by atoms with Gasteiger partial charge in [-0.05, 0) is 51.5 Å². The zero-order valence-corrected chi connectivity index (χ0v) is 17.5. The van der Waals surface area contributed by atoms with Crippen LogP contribution in [0.3, 0.4) is 0 Å². The molecule has 0 radical (unpaired) electrons. The number of ether oxygens (including phenoxy) is 2. The number of hydrogen-bond acceptors (Lipinski definition) is 6. The third-order valence-electron chi connectivity index (χ3n) is 5.22. The lowest BCUT2D eigenvalue weighted by molar-refractivity contribution is 0.0682. The Balaban J connectivity index is 1.39. The third-order valence-corrected chi connectivity index (χ3v) is 5.22. The molecule has 3 heterocycles. The van der Waals surface area contributed by atoms with Gasteiger partial charge in [0.2, 0.25) is 0 Å². The van der Waals surface area contributed by atoms with Crippen LogP contribution in [0.2, 0.25) is 0 Å². The van der Waals surface area contributed by atoms with Gasteiger partial charge in [0.25, 0.3) is 5.91 Å². The highest BCUT2D eigenvalue weighted by atomic mass is 16.6. The maximum atomic E-state index is 12.0. The van der Waals surface area contributed by atoms with E-state index in [-0.39, 0.29) is 24.2 Å². The molecule has 0 aliphatic carbocycles. The predicted octanol–water partition coefficient (Wildman–Crippen LogP) is 3.10. The molecule has 1 saturated heterocycles. The van der Waals surface area contributed by atoms with Crippen molar-refractivity contribution in [2.75, 3.05) is 11.9 Å². The molecular weight excluding hydrogens is 386 g/mol. The first-order chi connectivity index (χ1) is 14.2. The Morgan fingerprint density at radius 2 is 2.13 bits per heavy atom. The number of benzene rings is 1. The van der Waals surface area contributed by atoms with Crippen LogP contribution in [-0.2, 0) is 15.0 Å². The predicted molar refractivity (Wildman–Crippen MR) is 111 cm³/mol. The minimum atomic E-state index is -0.432. The molecule has 1 aromatic heterocycles. The van der Waals surface area contributed by atoms with E-state index < -0.39 is 11.6 Å². The summed E-state index contributed by atoms with van der Waals surface area (Å²) in [5.41, 5.74) is 2.89. The number of carbonyl (C=O) groups is 2. The van der Waals surface area contributed by atoms with Crippen molar-refractivity contribution < 1.29 is 19.1 Å². The maximum absolute atomic E-state index is 12.0. The molecule has 30 heavy (non-hydrogen) atoms. The van der Waals surface area contributed by atoms with Crippen LogP contribution in [0.25, 0.3) is 0 Å². The SMILES string of the molecule is CC(C)NC(=O)OC1COC(c2cc(Nc3ccc4c(c3)C(C)(C)NC4=O)n[nH]2)C1. The Morgan fingerprint density at radius 3 is 2.90 bits per heavy atom. The largest absolute Gasteiger partial charge is 0.444 e. The van der Waals surface area contributed by atoms with Crippen molar-refractivity contribution in [2.24, 2.45) is 0 Å². The standard InChI is InChI=1S/C21H27N5O4/c1-11(2)22-20(28)30-13-8-17(29-10-13)16-9-18(26-25-16)23-12-5-6-14-15(7-12)21(3,4)24-19(14)27/h5-7,9,11,13,17H,8,10H2,1-4H3,(H,22,28)(H,24,27)(H2,23,25,26). The zero-order valence-electron chi connectivity index (χ0n) is 17.5. The molecule has 2 unspecified atom stereocenters. The molecule has 4 rings (SSSR count). The molecule has 0 spiro atoms. The van der Waals surface area contributed by atoms with Crippen LogP contribution in [0.4, 0.5) is 16.3 Å². The molecule has 9 heteroatoms. The summed E-state index contributed by atoms with van der Waals surface area (Å²) in [6.45, 7) is 8.06. The molecule has 2 aromatic rings. The van der Waals surface area contributed by atoms with Crippen LogP contribution < -0.4 is 16.0 Å². The van der Waals surface area contributed by atoms with Crippen LogP contribution in [0.1, 0.15) is 61.8 Å². The number of rotatable bonds is 5. The highest BCUT2D eigenvalue weighted by molar-refractivity contribution is 6.00. The minimum absolute atomic E-state index is 0.0237. The van der Waals surface area contributed by atoms with Crippen molar-refractivity contribution in [3.63, 3.8) is 0 Å². The molecule has 0 bridgehead atoms. The molecule has 160 valence electrons. The van der Waals surface area contributed by atoms with Gasteiger partial charge in [0.1, 0.15) is 12.2 Å². The van der Waals surface area contributed by atoms with Gasteiger partial charge in [-0.2, -0.15) is 5.10 Å². The lowest BCUT2D eigenvalue weighted by Gasteiger charge is -2.19. The van der Waals surface area contributed by atoms with E-state index >= 15 is 0 Å². The first-order valence-electron chi connectivity index (χ1n) is 10.1. The normalized spacial score (nSPS) is 22.0. The van der Waals surface area contributed by atoms with E-state index in [1.807, 2.05) is 52.0 Å². The fourth-order valence-electron chi connectivity index (χ4n) is 3.79. The molecule has 9 nitrogen and oxygen atoms in total. The summed E-state index contributed by atoms with van der Waals surface area (Å²) in [4.78, 5) is 23.8. The van der Waals surface area contributed by atoms with Crippen molar-refractivity contribution in [1.29, 1.82) is 0 Å². The van der Waals surface area contributed by atoms with Crippen LogP contribution in [0.5, 0.6) is 0 Å². The summed E-state index contributed by atoms with van der Waals surface area (Å²) < 4.78 is 11.2. The van der Waals surface area contributed by atoms with Crippen LogP contribution in [0.15, 0.2) is 24.3 Å². The second-order valence-corrected chi connectivity index (χ2v) is 8.56. The first-order valence-corrected chi connectivity index (χ1v) is 10.1. The molecule has 2 aliphatic rings. The molecule has 1 fully saturated rings. The molecule has 1 aromatic carbocycles. The van der Waals surface area contributed by atoms with Crippen LogP contribution in [0, 0.1) is 0 Å². The number of carbonyl (C=O) groups excluding carboxylic acids is 2. The van der Waals surface area contributed by atoms with Gasteiger partial charge in [0.15, 0.2) is 5.82 Å². The van der Waals surface area contributed by atoms with Crippen molar-refractivity contribution in [2.45, 2.75) is 57.9 Å². The second kappa shape index (κ2) is 7.64. The second-order valence-electron chi connectivity index (χ2n) is 8.56. The van der Waals surface area contributed by atoms with Gasteiger partial charge in [-0.25, -0.2) is 4.79 Å². The minimum Gasteiger partial charge on any atom is -0.444 e. The number of aromatic nitrogens is 2. The van der Waals surface area contributed by atoms with Crippen LogP contribution >= 0.6 is 0 Å². The Labute approximate surface area is 174 Å². The Morgan fingerprint density at radius 1 is 1.33 bits per heavy atom. The lowest BCUT2D eigenvalue weighted by atomic mass is 9.94. The summed E-state index contributed by atoms with van der Waals surface area (Å²) in [6, 6.07) is 7.54. The molecule has 2 amide bonds. The number of hydrogen-bond donors (Lipinski definition) is 4. The quantitative estimate of drug-likeness (QED) is 0.598. The van der Waals surface area contributed by atoms with Crippen molar-refractivity contribution >= 4 is 23.5 Å². The van der Waals surface area contributed by atoms with Gasteiger partial charge in [-0.3, -0.25) is 9.89 Å². The topological polar surface area (TPSA) is 117 Å². The fraction of sp³-hybridized carbons (Fsp3) is 0.476. The van der Waals surface area contributed by atoms with Gasteiger partial charge in [-0.15, -0.1) is 0 Å². The van der Waals surface area contributed by atoms with Crippen molar-refractivity contribution in [1.82, 2.24) is 20.8 Å². The first kappa shape index (κ1) is 20.2. The van der Waals surface area contributed by atoms with E-state index in [4.69, 9.17) is 9.47 Å². The summed E-state index contributed by atoms with van der Waals surface area (Å²) in [5.74, 6) is 0.589.